The number of fused-ring (bicyclic) bond motifs is 1. The lowest BCUT2D eigenvalue weighted by Gasteiger charge is -2.43. The summed E-state index contributed by atoms with van der Waals surface area (Å²) in [6.45, 7) is -0.628. The van der Waals surface area contributed by atoms with Crippen molar-refractivity contribution in [3.8, 4) is 5.75 Å². The molecule has 1 aromatic rings. The molecule has 0 aromatic heterocycles. The van der Waals surface area contributed by atoms with Gasteiger partial charge < -0.3 is 49.2 Å². The van der Waals surface area contributed by atoms with Crippen molar-refractivity contribution in [2.24, 2.45) is 17.8 Å². The van der Waals surface area contributed by atoms with Crippen molar-refractivity contribution in [3.05, 3.63) is 47.7 Å². The van der Waals surface area contributed by atoms with Gasteiger partial charge in [0, 0.05) is 23.8 Å². The van der Waals surface area contributed by atoms with Gasteiger partial charge in [0.05, 0.1) is 32.2 Å². The van der Waals surface area contributed by atoms with Gasteiger partial charge in [-0.15, -0.1) is 0 Å². The van der Waals surface area contributed by atoms with Crippen molar-refractivity contribution in [1.82, 2.24) is 0 Å². The van der Waals surface area contributed by atoms with Gasteiger partial charge in [0.25, 0.3) is 0 Å². The van der Waals surface area contributed by atoms with E-state index >= 15 is 0 Å². The molecule has 0 amide bonds. The summed E-state index contributed by atoms with van der Waals surface area (Å²) < 4.78 is 27.4. The quantitative estimate of drug-likeness (QED) is 0.219. The number of carbonyl (C=O) groups is 2. The highest BCUT2D eigenvalue weighted by Gasteiger charge is 2.52. The molecule has 12 nitrogen and oxygen atoms in total. The molecular weight excluding hydrogens is 504 g/mol. The Bertz CT molecular complexity index is 1040. The van der Waals surface area contributed by atoms with Gasteiger partial charge in [-0.25, -0.2) is 9.59 Å². The van der Waals surface area contributed by atoms with Crippen LogP contribution in [-0.2, 0) is 33.3 Å². The fourth-order valence-electron chi connectivity index (χ4n) is 5.13. The number of aliphatic hydroxyl groups is 4. The van der Waals surface area contributed by atoms with Gasteiger partial charge in [-0.2, -0.15) is 0 Å². The number of hydrogen-bond acceptors (Lipinski definition) is 12. The van der Waals surface area contributed by atoms with Crippen LogP contribution in [0, 0.1) is 17.8 Å². The zero-order chi connectivity index (χ0) is 27.4. The minimum Gasteiger partial charge on any atom is -0.508 e. The first-order valence-corrected chi connectivity index (χ1v) is 12.3. The molecule has 0 spiro atoms. The molecule has 0 radical (unpaired) electrons. The van der Waals surface area contributed by atoms with Crippen LogP contribution in [-0.4, -0.2) is 94.8 Å². The van der Waals surface area contributed by atoms with Crippen LogP contribution in [0.5, 0.6) is 5.75 Å². The summed E-state index contributed by atoms with van der Waals surface area (Å²) in [5.74, 6) is -2.21. The maximum absolute atomic E-state index is 12.4. The molecule has 0 bridgehead atoms. The number of rotatable bonds is 8. The molecule has 208 valence electrons. The molecular formula is C26H32O12. The third kappa shape index (κ3) is 6.01. The summed E-state index contributed by atoms with van der Waals surface area (Å²) in [4.78, 5) is 24.7. The number of carbonyl (C=O) groups excluding carboxylic acids is 2. The maximum Gasteiger partial charge on any atom is 0.337 e. The first-order valence-electron chi connectivity index (χ1n) is 12.3. The van der Waals surface area contributed by atoms with Crippen molar-refractivity contribution in [2.75, 3.05) is 20.3 Å². The standard InChI is InChI=1S/C26H32O12/c1-34-24(33)17-12-36-25(38-26-23(32)22(31)21(30)18(10-27)37-26)20-14(5-8-16(17)20)11-35-19(29)9-4-13-2-6-15(28)7-3-13/h2-4,6-7,9,12,14,16,18,20-23,25-28,30-32H,5,8,10-11H2,1H3/b9-4-/t14-,16-,18-,20-,21-,22+,23-,25+,26+/m0/s1. The number of esters is 2. The van der Waals surface area contributed by atoms with Crippen molar-refractivity contribution in [1.29, 1.82) is 0 Å². The highest BCUT2D eigenvalue weighted by molar-refractivity contribution is 5.89. The summed E-state index contributed by atoms with van der Waals surface area (Å²) in [5.41, 5.74) is 0.995. The van der Waals surface area contributed by atoms with Gasteiger partial charge in [-0.05, 0) is 36.6 Å². The summed E-state index contributed by atoms with van der Waals surface area (Å²) >= 11 is 0. The number of ether oxygens (including phenoxy) is 5. The van der Waals surface area contributed by atoms with Gasteiger partial charge in [-0.1, -0.05) is 12.1 Å². The summed E-state index contributed by atoms with van der Waals surface area (Å²) in [6, 6.07) is 6.27. The number of aromatic hydroxyl groups is 1. The monoisotopic (exact) mass is 536 g/mol. The molecule has 12 heteroatoms. The van der Waals surface area contributed by atoms with Crippen LogP contribution >= 0.6 is 0 Å². The first kappa shape index (κ1) is 28.0. The fraction of sp³-hybridized carbons (Fsp3) is 0.538. The molecule has 2 fully saturated rings. The first-order chi connectivity index (χ1) is 18.2. The van der Waals surface area contributed by atoms with Gasteiger partial charge in [0.15, 0.2) is 6.29 Å². The Morgan fingerprint density at radius 2 is 1.79 bits per heavy atom. The number of phenols is 1. The largest absolute Gasteiger partial charge is 0.508 e. The number of methoxy groups -OCH3 is 1. The van der Waals surface area contributed by atoms with E-state index in [4.69, 9.17) is 23.7 Å². The lowest BCUT2D eigenvalue weighted by molar-refractivity contribution is -0.342. The van der Waals surface area contributed by atoms with Crippen LogP contribution < -0.4 is 0 Å². The molecule has 5 N–H and O–H groups in total. The van der Waals surface area contributed by atoms with Crippen molar-refractivity contribution < 1.29 is 58.8 Å². The van der Waals surface area contributed by atoms with E-state index in [1.165, 1.54) is 31.6 Å². The number of aliphatic hydroxyl groups excluding tert-OH is 4. The van der Waals surface area contributed by atoms with E-state index in [0.29, 0.717) is 24.0 Å². The summed E-state index contributed by atoms with van der Waals surface area (Å²) in [7, 11) is 1.25. The molecule has 9 atom stereocenters. The molecule has 1 aromatic carbocycles. The van der Waals surface area contributed by atoms with Crippen molar-refractivity contribution in [2.45, 2.75) is 49.8 Å². The Labute approximate surface area is 218 Å². The molecule has 38 heavy (non-hydrogen) atoms. The fourth-order valence-corrected chi connectivity index (χ4v) is 5.13. The lowest BCUT2D eigenvalue weighted by Crippen LogP contribution is -2.60. The zero-order valence-electron chi connectivity index (χ0n) is 20.7. The van der Waals surface area contributed by atoms with Crippen LogP contribution in [0.1, 0.15) is 18.4 Å². The average Bonchev–Trinajstić information content (AvgIpc) is 3.36. The van der Waals surface area contributed by atoms with Crippen molar-refractivity contribution in [3.63, 3.8) is 0 Å². The molecule has 1 saturated carbocycles. The Balaban J connectivity index is 1.46. The average molecular weight is 537 g/mol. The SMILES string of the molecule is COC(=O)C1=CO[C@H](O[C@H]2O[C@@H](CO)[C@H](O)[C@@H](O)[C@@H]2O)[C@H]2[C@H](COC(=O)/C=C\c3ccc(O)cc3)CC[C@@H]12. The van der Waals surface area contributed by atoms with E-state index in [9.17, 15) is 35.1 Å². The Morgan fingerprint density at radius 1 is 1.05 bits per heavy atom. The van der Waals surface area contributed by atoms with E-state index in [-0.39, 0.29) is 24.2 Å². The van der Waals surface area contributed by atoms with Gasteiger partial charge in [0.1, 0.15) is 30.2 Å². The Kier molecular flexibility index (Phi) is 9.03. The Hall–Kier alpha value is -3.00. The molecule has 3 aliphatic rings. The second-order valence-electron chi connectivity index (χ2n) is 9.48. The molecule has 1 saturated heterocycles. The predicted octanol–water partition coefficient (Wildman–Crippen LogP) is -0.179. The Morgan fingerprint density at radius 3 is 2.47 bits per heavy atom. The van der Waals surface area contributed by atoms with Crippen LogP contribution in [0.3, 0.4) is 0 Å². The molecule has 2 heterocycles. The minimum absolute atomic E-state index is 0.00767. The third-order valence-electron chi connectivity index (χ3n) is 7.18. The number of phenolic OH excluding ortho intramolecular Hbond substituents is 1. The van der Waals surface area contributed by atoms with E-state index in [1.54, 1.807) is 18.2 Å². The van der Waals surface area contributed by atoms with E-state index in [1.807, 2.05) is 0 Å². The van der Waals surface area contributed by atoms with E-state index in [0.717, 1.165) is 0 Å². The normalized spacial score (nSPS) is 34.8. The predicted molar refractivity (Wildman–Crippen MR) is 128 cm³/mol. The highest BCUT2D eigenvalue weighted by atomic mass is 16.8. The zero-order valence-corrected chi connectivity index (χ0v) is 20.7. The van der Waals surface area contributed by atoms with Gasteiger partial charge in [-0.3, -0.25) is 0 Å². The lowest BCUT2D eigenvalue weighted by atomic mass is 9.83. The van der Waals surface area contributed by atoms with Gasteiger partial charge in [0.2, 0.25) is 6.29 Å². The van der Waals surface area contributed by atoms with Gasteiger partial charge >= 0.3 is 11.9 Å². The number of benzene rings is 1. The maximum atomic E-state index is 12.4. The second kappa shape index (κ2) is 12.2. The second-order valence-corrected chi connectivity index (χ2v) is 9.48. The smallest absolute Gasteiger partial charge is 0.337 e. The van der Waals surface area contributed by atoms with Crippen LogP contribution in [0.2, 0.25) is 0 Å². The van der Waals surface area contributed by atoms with Crippen LogP contribution in [0.4, 0.5) is 0 Å². The third-order valence-corrected chi connectivity index (χ3v) is 7.18. The highest BCUT2D eigenvalue weighted by Crippen LogP contribution is 2.47. The topological polar surface area (TPSA) is 181 Å². The molecule has 1 aliphatic carbocycles. The summed E-state index contributed by atoms with van der Waals surface area (Å²) in [5, 5.41) is 49.4. The number of hydrogen-bond donors (Lipinski definition) is 5. The van der Waals surface area contributed by atoms with Crippen molar-refractivity contribution >= 4 is 18.0 Å². The summed E-state index contributed by atoms with van der Waals surface area (Å²) in [6.07, 6.45) is -3.33. The van der Waals surface area contributed by atoms with Crippen LogP contribution in [0.25, 0.3) is 6.08 Å². The molecule has 4 rings (SSSR count). The molecule has 2 aliphatic heterocycles. The van der Waals surface area contributed by atoms with Crippen LogP contribution in [0.15, 0.2) is 42.2 Å². The minimum atomic E-state index is -1.64. The van der Waals surface area contributed by atoms with E-state index < -0.39 is 61.5 Å². The molecule has 0 unspecified atom stereocenters. The van der Waals surface area contributed by atoms with E-state index in [2.05, 4.69) is 0 Å².